The number of hydrogen-bond donors (Lipinski definition) is 1. The molecule has 3 rings (SSSR count). The van der Waals surface area contributed by atoms with Crippen LogP contribution in [0.5, 0.6) is 5.75 Å². The number of likely N-dealkylation sites (tertiary alicyclic amines) is 1. The number of imidazole rings is 1. The van der Waals surface area contributed by atoms with Crippen LogP contribution in [0.1, 0.15) is 45.4 Å². The van der Waals surface area contributed by atoms with Gasteiger partial charge in [0.1, 0.15) is 17.2 Å². The Hall–Kier alpha value is -2.24. The van der Waals surface area contributed by atoms with Crippen LogP contribution in [0.3, 0.4) is 0 Å². The number of aromatic amines is 1. The molecule has 1 N–H and O–H groups in total. The number of aromatic nitrogens is 2. The van der Waals surface area contributed by atoms with Crippen molar-refractivity contribution in [1.82, 2.24) is 14.9 Å². The summed E-state index contributed by atoms with van der Waals surface area (Å²) in [5, 5.41) is 0. The fraction of sp³-hybridized carbons (Fsp3) is 0.556. The molecule has 6 heteroatoms. The lowest BCUT2D eigenvalue weighted by Crippen LogP contribution is -2.42. The molecule has 0 aliphatic carbocycles. The molecule has 1 unspecified atom stereocenters. The molecule has 0 radical (unpaired) electrons. The van der Waals surface area contributed by atoms with Crippen LogP contribution in [0.25, 0.3) is 11.0 Å². The first-order chi connectivity index (χ1) is 11.4. The van der Waals surface area contributed by atoms with Gasteiger partial charge in [0.15, 0.2) is 0 Å². The summed E-state index contributed by atoms with van der Waals surface area (Å²) >= 11 is 0. The summed E-state index contributed by atoms with van der Waals surface area (Å²) in [4.78, 5) is 22.2. The van der Waals surface area contributed by atoms with Crippen LogP contribution >= 0.6 is 0 Å². The van der Waals surface area contributed by atoms with E-state index in [4.69, 9.17) is 14.5 Å². The van der Waals surface area contributed by atoms with Crippen LogP contribution in [0.15, 0.2) is 18.2 Å². The second-order valence-electron chi connectivity index (χ2n) is 7.27. The monoisotopic (exact) mass is 331 g/mol. The van der Waals surface area contributed by atoms with Gasteiger partial charge in [0.2, 0.25) is 0 Å². The zero-order chi connectivity index (χ0) is 17.3. The summed E-state index contributed by atoms with van der Waals surface area (Å²) in [6, 6.07) is 5.80. The molecule has 1 fully saturated rings. The zero-order valence-electron chi connectivity index (χ0n) is 14.8. The molecule has 1 atom stereocenters. The highest BCUT2D eigenvalue weighted by Crippen LogP contribution is 2.28. The molecule has 24 heavy (non-hydrogen) atoms. The number of fused-ring (bicyclic) bond motifs is 1. The fourth-order valence-electron chi connectivity index (χ4n) is 3.02. The lowest BCUT2D eigenvalue weighted by molar-refractivity contribution is 0.0196. The van der Waals surface area contributed by atoms with E-state index in [2.05, 4.69) is 4.98 Å². The minimum absolute atomic E-state index is 0.199. The number of H-pyrrole nitrogens is 1. The summed E-state index contributed by atoms with van der Waals surface area (Å²) in [7, 11) is 1.65. The van der Waals surface area contributed by atoms with Crippen LogP contribution < -0.4 is 4.74 Å². The van der Waals surface area contributed by atoms with E-state index in [0.717, 1.165) is 42.0 Å². The molecular weight excluding hydrogens is 306 g/mol. The van der Waals surface area contributed by atoms with Gasteiger partial charge in [-0.1, -0.05) is 0 Å². The largest absolute Gasteiger partial charge is 0.497 e. The van der Waals surface area contributed by atoms with Crippen molar-refractivity contribution in [3.8, 4) is 5.75 Å². The van der Waals surface area contributed by atoms with Crippen molar-refractivity contribution in [2.45, 2.75) is 45.1 Å². The van der Waals surface area contributed by atoms with Crippen LogP contribution in [-0.4, -0.2) is 46.8 Å². The molecular formula is C18H25N3O3. The highest BCUT2D eigenvalue weighted by atomic mass is 16.6. The first-order valence-electron chi connectivity index (χ1n) is 8.37. The Bertz CT molecular complexity index is 733. The Morgan fingerprint density at radius 1 is 1.38 bits per heavy atom. The van der Waals surface area contributed by atoms with Crippen LogP contribution in [0.4, 0.5) is 4.79 Å². The maximum absolute atomic E-state index is 12.3. The smallest absolute Gasteiger partial charge is 0.410 e. The summed E-state index contributed by atoms with van der Waals surface area (Å²) in [6.45, 7) is 7.03. The molecule has 1 aliphatic rings. The average Bonchev–Trinajstić information content (AvgIpc) is 2.96. The van der Waals surface area contributed by atoms with E-state index in [1.807, 2.05) is 39.0 Å². The van der Waals surface area contributed by atoms with E-state index < -0.39 is 5.60 Å². The number of methoxy groups -OCH3 is 1. The van der Waals surface area contributed by atoms with E-state index in [0.29, 0.717) is 6.54 Å². The van der Waals surface area contributed by atoms with Crippen molar-refractivity contribution < 1.29 is 14.3 Å². The summed E-state index contributed by atoms with van der Waals surface area (Å²) in [5.74, 6) is 1.92. The molecule has 1 aliphatic heterocycles. The van der Waals surface area contributed by atoms with E-state index in [9.17, 15) is 4.79 Å². The van der Waals surface area contributed by atoms with Gasteiger partial charge in [-0.05, 0) is 45.7 Å². The first-order valence-corrected chi connectivity index (χ1v) is 8.37. The number of rotatable bonds is 2. The maximum Gasteiger partial charge on any atom is 0.410 e. The minimum atomic E-state index is -0.472. The Balaban J connectivity index is 1.76. The first kappa shape index (κ1) is 16.6. The van der Waals surface area contributed by atoms with Crippen molar-refractivity contribution in [1.29, 1.82) is 0 Å². The predicted molar refractivity (Wildman–Crippen MR) is 92.4 cm³/mol. The van der Waals surface area contributed by atoms with Crippen LogP contribution in [0.2, 0.25) is 0 Å². The Morgan fingerprint density at radius 3 is 2.88 bits per heavy atom. The molecule has 6 nitrogen and oxygen atoms in total. The molecule has 0 saturated carbocycles. The SMILES string of the molecule is COc1ccc2nc(C3CCCN(C(=O)OC(C)(C)C)C3)[nH]c2c1. The maximum atomic E-state index is 12.3. The van der Waals surface area contributed by atoms with E-state index in [1.54, 1.807) is 12.0 Å². The number of hydrogen-bond acceptors (Lipinski definition) is 4. The van der Waals surface area contributed by atoms with Crippen LogP contribution in [0, 0.1) is 0 Å². The van der Waals surface area contributed by atoms with Gasteiger partial charge in [-0.15, -0.1) is 0 Å². The molecule has 1 aromatic carbocycles. The molecule has 0 bridgehead atoms. The van der Waals surface area contributed by atoms with E-state index in [-0.39, 0.29) is 12.0 Å². The lowest BCUT2D eigenvalue weighted by Gasteiger charge is -2.33. The molecule has 2 aromatic rings. The highest BCUT2D eigenvalue weighted by molar-refractivity contribution is 5.77. The molecule has 2 heterocycles. The third-order valence-electron chi connectivity index (χ3n) is 4.17. The van der Waals surface area contributed by atoms with Gasteiger partial charge in [-0.3, -0.25) is 0 Å². The lowest BCUT2D eigenvalue weighted by atomic mass is 9.98. The molecule has 130 valence electrons. The van der Waals surface area contributed by atoms with Gasteiger partial charge in [0, 0.05) is 25.1 Å². The van der Waals surface area contributed by atoms with Gasteiger partial charge in [0.05, 0.1) is 18.1 Å². The molecule has 1 amide bonds. The van der Waals surface area contributed by atoms with Crippen molar-refractivity contribution in [3.05, 3.63) is 24.0 Å². The molecule has 1 saturated heterocycles. The summed E-state index contributed by atoms with van der Waals surface area (Å²) in [5.41, 5.74) is 1.40. The third-order valence-corrected chi connectivity index (χ3v) is 4.17. The number of amides is 1. The Labute approximate surface area is 142 Å². The van der Waals surface area contributed by atoms with Gasteiger partial charge in [-0.25, -0.2) is 9.78 Å². The van der Waals surface area contributed by atoms with Crippen LogP contribution in [-0.2, 0) is 4.74 Å². The van der Waals surface area contributed by atoms with Crippen molar-refractivity contribution >= 4 is 17.1 Å². The van der Waals surface area contributed by atoms with Crippen molar-refractivity contribution in [3.63, 3.8) is 0 Å². The number of carbonyl (C=O) groups excluding carboxylic acids is 1. The number of nitrogens with one attached hydrogen (secondary N) is 1. The fourth-order valence-corrected chi connectivity index (χ4v) is 3.02. The van der Waals surface area contributed by atoms with E-state index in [1.165, 1.54) is 0 Å². The molecule has 1 aromatic heterocycles. The topological polar surface area (TPSA) is 67.4 Å². The van der Waals surface area contributed by atoms with E-state index >= 15 is 0 Å². The van der Waals surface area contributed by atoms with Gasteiger partial charge >= 0.3 is 6.09 Å². The number of ether oxygens (including phenoxy) is 2. The number of benzene rings is 1. The number of nitrogens with zero attached hydrogens (tertiary/aromatic N) is 2. The van der Waals surface area contributed by atoms with Crippen molar-refractivity contribution in [2.75, 3.05) is 20.2 Å². The van der Waals surface area contributed by atoms with Gasteiger partial charge < -0.3 is 19.4 Å². The molecule has 0 spiro atoms. The normalized spacial score (nSPS) is 18.7. The third kappa shape index (κ3) is 3.63. The van der Waals surface area contributed by atoms with Crippen molar-refractivity contribution in [2.24, 2.45) is 0 Å². The standard InChI is InChI=1S/C18H25N3O3/c1-18(2,3)24-17(22)21-9-5-6-12(11-21)16-19-14-8-7-13(23-4)10-15(14)20-16/h7-8,10,12H,5-6,9,11H2,1-4H3,(H,19,20). The second kappa shape index (κ2) is 6.34. The Kier molecular flexibility index (Phi) is 4.39. The number of carbonyl (C=O) groups is 1. The minimum Gasteiger partial charge on any atom is -0.497 e. The quantitative estimate of drug-likeness (QED) is 0.911. The zero-order valence-corrected chi connectivity index (χ0v) is 14.8. The Morgan fingerprint density at radius 2 is 2.17 bits per heavy atom. The summed E-state index contributed by atoms with van der Waals surface area (Å²) in [6.07, 6.45) is 1.71. The second-order valence-corrected chi connectivity index (χ2v) is 7.27. The summed E-state index contributed by atoms with van der Waals surface area (Å²) < 4.78 is 10.7. The number of piperidine rings is 1. The predicted octanol–water partition coefficient (Wildman–Crippen LogP) is 3.69. The average molecular weight is 331 g/mol. The van der Waals surface area contributed by atoms with Gasteiger partial charge in [0.25, 0.3) is 0 Å². The van der Waals surface area contributed by atoms with Gasteiger partial charge in [-0.2, -0.15) is 0 Å². The highest BCUT2D eigenvalue weighted by Gasteiger charge is 2.29.